The molecule has 0 amide bonds. The topological polar surface area (TPSA) is 92.3 Å². The third kappa shape index (κ3) is 4.75. The molecule has 1 aliphatic rings. The molecule has 0 saturated carbocycles. The molecule has 0 aliphatic carbocycles. The summed E-state index contributed by atoms with van der Waals surface area (Å²) >= 11 is 1.40. The molecule has 1 aromatic heterocycles. The van der Waals surface area contributed by atoms with Gasteiger partial charge >= 0.3 is 0 Å². The lowest BCUT2D eigenvalue weighted by Gasteiger charge is -2.09. The standard InChI is InChI=1S/C12H20N2O4S3/c1-2-13-7-11-5-12(8-19-11)21(17,18)14-6-10-3-4-20(15,16)9-10/h5,8,10,13-14H,2-4,6-7,9H2,1H3. The summed E-state index contributed by atoms with van der Waals surface area (Å²) in [6.07, 6.45) is 0.528. The molecule has 0 radical (unpaired) electrons. The van der Waals surface area contributed by atoms with Gasteiger partial charge in [-0.15, -0.1) is 11.3 Å². The number of nitrogens with one attached hydrogen (secondary N) is 2. The van der Waals surface area contributed by atoms with Crippen molar-refractivity contribution >= 4 is 31.2 Å². The maximum absolute atomic E-state index is 12.2. The van der Waals surface area contributed by atoms with Crippen LogP contribution in [0.25, 0.3) is 0 Å². The summed E-state index contributed by atoms with van der Waals surface area (Å²) in [7, 11) is -6.53. The smallest absolute Gasteiger partial charge is 0.241 e. The Morgan fingerprint density at radius 1 is 1.43 bits per heavy atom. The van der Waals surface area contributed by atoms with Gasteiger partial charge in [-0.2, -0.15) is 0 Å². The van der Waals surface area contributed by atoms with Crippen molar-refractivity contribution in [2.45, 2.75) is 24.8 Å². The summed E-state index contributed by atoms with van der Waals surface area (Å²) in [5, 5.41) is 4.76. The fraction of sp³-hybridized carbons (Fsp3) is 0.667. The van der Waals surface area contributed by atoms with Crippen LogP contribution in [0.4, 0.5) is 0 Å². The largest absolute Gasteiger partial charge is 0.312 e. The van der Waals surface area contributed by atoms with E-state index in [1.165, 1.54) is 11.3 Å². The maximum atomic E-state index is 12.2. The Kier molecular flexibility index (Phi) is 5.42. The van der Waals surface area contributed by atoms with Gasteiger partial charge in [0, 0.05) is 23.3 Å². The number of sulfone groups is 1. The fourth-order valence-electron chi connectivity index (χ4n) is 2.19. The molecule has 1 fully saturated rings. The average molecular weight is 353 g/mol. The average Bonchev–Trinajstić information content (AvgIpc) is 3.01. The summed E-state index contributed by atoms with van der Waals surface area (Å²) in [5.74, 6) is 0.111. The van der Waals surface area contributed by atoms with Gasteiger partial charge in [0.25, 0.3) is 0 Å². The van der Waals surface area contributed by atoms with Gasteiger partial charge in [-0.25, -0.2) is 21.6 Å². The molecular weight excluding hydrogens is 332 g/mol. The minimum Gasteiger partial charge on any atom is -0.312 e. The van der Waals surface area contributed by atoms with Crippen LogP contribution in [-0.4, -0.2) is 41.4 Å². The predicted molar refractivity (Wildman–Crippen MR) is 83.6 cm³/mol. The van der Waals surface area contributed by atoms with Gasteiger partial charge in [-0.1, -0.05) is 6.92 Å². The van der Waals surface area contributed by atoms with Crippen LogP contribution in [0.15, 0.2) is 16.3 Å². The highest BCUT2D eigenvalue weighted by Gasteiger charge is 2.29. The van der Waals surface area contributed by atoms with Crippen molar-refractivity contribution in [1.29, 1.82) is 0 Å². The lowest BCUT2D eigenvalue weighted by molar-refractivity contribution is 0.543. The maximum Gasteiger partial charge on any atom is 0.241 e. The molecule has 21 heavy (non-hydrogen) atoms. The van der Waals surface area contributed by atoms with Crippen LogP contribution in [0.3, 0.4) is 0 Å². The highest BCUT2D eigenvalue weighted by molar-refractivity contribution is 7.91. The second-order valence-corrected chi connectivity index (χ2v) is 10.1. The number of hydrogen-bond acceptors (Lipinski definition) is 6. The quantitative estimate of drug-likeness (QED) is 0.748. The summed E-state index contributed by atoms with van der Waals surface area (Å²) in [6.45, 7) is 3.65. The highest BCUT2D eigenvalue weighted by Crippen LogP contribution is 2.21. The Hall–Kier alpha value is -0.480. The monoisotopic (exact) mass is 352 g/mol. The fourth-order valence-corrected chi connectivity index (χ4v) is 6.41. The number of rotatable bonds is 7. The first kappa shape index (κ1) is 16.9. The Bertz CT molecular complexity index is 679. The van der Waals surface area contributed by atoms with Gasteiger partial charge < -0.3 is 5.32 Å². The van der Waals surface area contributed by atoms with Crippen LogP contribution in [0.5, 0.6) is 0 Å². The first-order valence-corrected chi connectivity index (χ1v) is 11.0. The second-order valence-electron chi connectivity index (χ2n) is 5.15. The Morgan fingerprint density at radius 2 is 2.19 bits per heavy atom. The summed E-state index contributed by atoms with van der Waals surface area (Å²) in [5.41, 5.74) is 0. The molecule has 120 valence electrons. The van der Waals surface area contributed by atoms with E-state index in [0.717, 1.165) is 11.4 Å². The van der Waals surface area contributed by atoms with Gasteiger partial charge in [-0.3, -0.25) is 0 Å². The summed E-state index contributed by atoms with van der Waals surface area (Å²) < 4.78 is 49.6. The number of sulfonamides is 1. The first-order chi connectivity index (χ1) is 9.82. The molecule has 9 heteroatoms. The van der Waals surface area contributed by atoms with Gasteiger partial charge in [0.15, 0.2) is 9.84 Å². The van der Waals surface area contributed by atoms with Crippen molar-refractivity contribution in [2.75, 3.05) is 24.6 Å². The zero-order chi connectivity index (χ0) is 15.5. The highest BCUT2D eigenvalue weighted by atomic mass is 32.2. The van der Waals surface area contributed by atoms with Crippen LogP contribution >= 0.6 is 11.3 Å². The minimum atomic E-state index is -3.55. The van der Waals surface area contributed by atoms with E-state index >= 15 is 0 Å². The van der Waals surface area contributed by atoms with Gasteiger partial charge in [-0.05, 0) is 24.9 Å². The van der Waals surface area contributed by atoms with Crippen LogP contribution < -0.4 is 10.0 Å². The Balaban J connectivity index is 1.94. The van der Waals surface area contributed by atoms with Crippen molar-refractivity contribution in [3.63, 3.8) is 0 Å². The molecule has 6 nitrogen and oxygen atoms in total. The third-order valence-corrected chi connectivity index (χ3v) is 7.70. The minimum absolute atomic E-state index is 0.0742. The predicted octanol–water partition coefficient (Wildman–Crippen LogP) is 0.571. The van der Waals surface area contributed by atoms with Crippen LogP contribution in [0, 0.1) is 5.92 Å². The first-order valence-electron chi connectivity index (χ1n) is 6.80. The molecular formula is C12H20N2O4S3. The van der Waals surface area contributed by atoms with Crippen molar-refractivity contribution in [3.8, 4) is 0 Å². The molecule has 1 aliphatic heterocycles. The van der Waals surface area contributed by atoms with E-state index in [4.69, 9.17) is 0 Å². The molecule has 1 unspecified atom stereocenters. The normalized spacial score (nSPS) is 21.7. The van der Waals surface area contributed by atoms with Crippen LogP contribution in [0.2, 0.25) is 0 Å². The van der Waals surface area contributed by atoms with E-state index < -0.39 is 19.9 Å². The van der Waals surface area contributed by atoms with Gasteiger partial charge in [0.1, 0.15) is 0 Å². The van der Waals surface area contributed by atoms with Crippen LogP contribution in [0.1, 0.15) is 18.2 Å². The van der Waals surface area contributed by atoms with E-state index in [-0.39, 0.29) is 28.9 Å². The zero-order valence-corrected chi connectivity index (χ0v) is 14.3. The number of hydrogen-bond donors (Lipinski definition) is 2. The zero-order valence-electron chi connectivity index (χ0n) is 11.8. The lowest BCUT2D eigenvalue weighted by Crippen LogP contribution is -2.29. The molecule has 1 aromatic rings. The van der Waals surface area contributed by atoms with Crippen molar-refractivity contribution in [2.24, 2.45) is 5.92 Å². The van der Waals surface area contributed by atoms with E-state index in [0.29, 0.717) is 13.0 Å². The summed E-state index contributed by atoms with van der Waals surface area (Å²) in [4.78, 5) is 1.21. The molecule has 2 heterocycles. The molecule has 0 bridgehead atoms. The molecule has 0 spiro atoms. The van der Waals surface area contributed by atoms with Gasteiger partial charge in [0.2, 0.25) is 10.0 Å². The van der Waals surface area contributed by atoms with E-state index in [9.17, 15) is 16.8 Å². The third-order valence-electron chi connectivity index (χ3n) is 3.38. The molecule has 1 saturated heterocycles. The number of thiophene rings is 1. The lowest BCUT2D eigenvalue weighted by atomic mass is 10.1. The molecule has 2 N–H and O–H groups in total. The Labute approximate surface area is 129 Å². The van der Waals surface area contributed by atoms with Crippen molar-refractivity contribution in [3.05, 3.63) is 16.3 Å². The molecule has 1 atom stereocenters. The van der Waals surface area contributed by atoms with Crippen molar-refractivity contribution < 1.29 is 16.8 Å². The Morgan fingerprint density at radius 3 is 2.81 bits per heavy atom. The molecule has 2 rings (SSSR count). The second kappa shape index (κ2) is 6.74. The summed E-state index contributed by atoms with van der Waals surface area (Å²) in [6, 6.07) is 1.65. The van der Waals surface area contributed by atoms with Crippen molar-refractivity contribution in [1.82, 2.24) is 10.0 Å². The van der Waals surface area contributed by atoms with Crippen LogP contribution in [-0.2, 0) is 26.4 Å². The van der Waals surface area contributed by atoms with E-state index in [1.807, 2.05) is 6.92 Å². The van der Waals surface area contributed by atoms with E-state index in [1.54, 1.807) is 11.4 Å². The van der Waals surface area contributed by atoms with Gasteiger partial charge in [0.05, 0.1) is 16.4 Å². The van der Waals surface area contributed by atoms with E-state index in [2.05, 4.69) is 10.0 Å². The SMILES string of the molecule is CCNCc1cc(S(=O)(=O)NCC2CCS(=O)(=O)C2)cs1. The molecule has 0 aromatic carbocycles.